The molecule has 0 saturated carbocycles. The SMILES string of the molecule is CCCCCCCCCCC=CC(CC(=O)O)C(=O)O.CCCCCCCCCCCCCCCC=CC1=NCCN1C(C)N. The van der Waals surface area contributed by atoms with Crippen LogP contribution in [0.4, 0.5) is 0 Å². The van der Waals surface area contributed by atoms with Crippen LogP contribution in [0.5, 0.6) is 0 Å². The summed E-state index contributed by atoms with van der Waals surface area (Å²) in [6.07, 6.45) is 37.8. The van der Waals surface area contributed by atoms with Crippen molar-refractivity contribution in [3.8, 4) is 0 Å². The standard InChI is InChI=1S/C22H43N3.C16H28O4/c1-3-4-5-6-7-8-9-10-11-12-13-14-15-16-17-18-22-24-19-20-25(22)21(2)23;1-2-3-4-5-6-7-8-9-10-11-12-14(16(19)20)13-15(17)18/h17-18,21H,3-16,19-20,23H2,1-2H3;11-12,14H,2-10,13H2,1H3,(H,17,18)(H,19,20). The number of carboxylic acid groups (broad SMARTS) is 2. The van der Waals surface area contributed by atoms with E-state index in [1.54, 1.807) is 6.08 Å². The third-order valence-electron chi connectivity index (χ3n) is 8.45. The minimum absolute atomic E-state index is 0.0715. The number of aliphatic carboxylic acids is 2. The molecule has 0 saturated heterocycles. The molecule has 45 heavy (non-hydrogen) atoms. The Morgan fingerprint density at radius 3 is 1.56 bits per heavy atom. The van der Waals surface area contributed by atoms with Gasteiger partial charge < -0.3 is 20.8 Å². The van der Waals surface area contributed by atoms with Crippen LogP contribution >= 0.6 is 0 Å². The first kappa shape index (κ1) is 42.9. The van der Waals surface area contributed by atoms with E-state index >= 15 is 0 Å². The summed E-state index contributed by atoms with van der Waals surface area (Å²) in [5.74, 6) is -1.97. The zero-order chi connectivity index (χ0) is 33.4. The Morgan fingerprint density at radius 2 is 1.16 bits per heavy atom. The number of nitrogens with two attached hydrogens (primary N) is 1. The highest BCUT2D eigenvalue weighted by Crippen LogP contribution is 2.14. The van der Waals surface area contributed by atoms with Crippen LogP contribution in [0.15, 0.2) is 29.3 Å². The Kier molecular flexibility index (Phi) is 30.3. The lowest BCUT2D eigenvalue weighted by Gasteiger charge is -2.22. The first-order valence-electron chi connectivity index (χ1n) is 18.7. The fraction of sp³-hybridized carbons (Fsp3) is 0.816. The highest BCUT2D eigenvalue weighted by atomic mass is 16.4. The van der Waals surface area contributed by atoms with Crippen LogP contribution in [0.25, 0.3) is 0 Å². The van der Waals surface area contributed by atoms with Gasteiger partial charge in [0.15, 0.2) is 0 Å². The van der Waals surface area contributed by atoms with E-state index in [0.29, 0.717) is 0 Å². The predicted octanol–water partition coefficient (Wildman–Crippen LogP) is 10.3. The van der Waals surface area contributed by atoms with Crippen LogP contribution in [0, 0.1) is 5.92 Å². The minimum Gasteiger partial charge on any atom is -0.481 e. The number of allylic oxidation sites excluding steroid dienone is 2. The molecule has 0 spiro atoms. The van der Waals surface area contributed by atoms with Crippen LogP contribution in [0.2, 0.25) is 0 Å². The van der Waals surface area contributed by atoms with Crippen LogP contribution in [0.3, 0.4) is 0 Å². The second-order valence-electron chi connectivity index (χ2n) is 12.8. The first-order valence-corrected chi connectivity index (χ1v) is 18.7. The summed E-state index contributed by atoms with van der Waals surface area (Å²) in [6.45, 7) is 8.38. The van der Waals surface area contributed by atoms with Gasteiger partial charge in [-0.25, -0.2) is 0 Å². The molecule has 0 bridgehead atoms. The van der Waals surface area contributed by atoms with E-state index < -0.39 is 17.9 Å². The molecule has 0 radical (unpaired) electrons. The number of aliphatic imine (C=N–C) groups is 1. The van der Waals surface area contributed by atoms with Crippen LogP contribution in [-0.4, -0.2) is 52.1 Å². The summed E-state index contributed by atoms with van der Waals surface area (Å²) in [5, 5.41) is 17.4. The maximum atomic E-state index is 10.8. The summed E-state index contributed by atoms with van der Waals surface area (Å²) in [4.78, 5) is 28.0. The smallest absolute Gasteiger partial charge is 0.310 e. The van der Waals surface area contributed by atoms with Gasteiger partial charge in [-0.15, -0.1) is 0 Å². The predicted molar refractivity (Wildman–Crippen MR) is 192 cm³/mol. The monoisotopic (exact) mass is 634 g/mol. The Balaban J connectivity index is 0.000000884. The number of unbranched alkanes of at least 4 members (excludes halogenated alkanes) is 21. The molecular weight excluding hydrogens is 562 g/mol. The van der Waals surface area contributed by atoms with E-state index in [4.69, 9.17) is 15.9 Å². The average Bonchev–Trinajstić information content (AvgIpc) is 3.48. The molecule has 0 aromatic rings. The number of hydrogen-bond acceptors (Lipinski definition) is 5. The Bertz CT molecular complexity index is 794. The van der Waals surface area contributed by atoms with Crippen molar-refractivity contribution in [3.05, 3.63) is 24.3 Å². The van der Waals surface area contributed by atoms with Crippen molar-refractivity contribution in [2.24, 2.45) is 16.6 Å². The molecule has 0 aliphatic carbocycles. The summed E-state index contributed by atoms with van der Waals surface area (Å²) < 4.78 is 0. The number of amidine groups is 1. The Labute approximate surface area is 277 Å². The van der Waals surface area contributed by atoms with Crippen molar-refractivity contribution in [3.63, 3.8) is 0 Å². The molecule has 0 aromatic carbocycles. The first-order chi connectivity index (χ1) is 21.8. The molecule has 2 atom stereocenters. The molecule has 7 nitrogen and oxygen atoms in total. The normalized spacial score (nSPS) is 14.5. The molecule has 1 rings (SSSR count). The third kappa shape index (κ3) is 27.8. The summed E-state index contributed by atoms with van der Waals surface area (Å²) in [5.41, 5.74) is 5.96. The van der Waals surface area contributed by atoms with E-state index in [1.807, 2.05) is 6.92 Å². The second-order valence-corrected chi connectivity index (χ2v) is 12.8. The van der Waals surface area contributed by atoms with Crippen LogP contribution in [0.1, 0.15) is 175 Å². The number of carboxylic acids is 2. The number of hydrogen-bond donors (Lipinski definition) is 3. The van der Waals surface area contributed by atoms with E-state index in [0.717, 1.165) is 38.2 Å². The maximum absolute atomic E-state index is 10.8. The Hall–Kier alpha value is -2.15. The van der Waals surface area contributed by atoms with Gasteiger partial charge in [0.05, 0.1) is 25.0 Å². The molecule has 2 unspecified atom stereocenters. The van der Waals surface area contributed by atoms with E-state index in [9.17, 15) is 9.59 Å². The molecule has 1 aliphatic heterocycles. The summed E-state index contributed by atoms with van der Waals surface area (Å²) >= 11 is 0. The number of rotatable bonds is 29. The lowest BCUT2D eigenvalue weighted by molar-refractivity contribution is -0.146. The molecule has 0 fully saturated rings. The fourth-order valence-electron chi connectivity index (χ4n) is 5.59. The van der Waals surface area contributed by atoms with Gasteiger partial charge in [0.1, 0.15) is 5.84 Å². The molecule has 1 heterocycles. The van der Waals surface area contributed by atoms with Gasteiger partial charge in [-0.1, -0.05) is 154 Å². The highest BCUT2D eigenvalue weighted by Gasteiger charge is 2.17. The lowest BCUT2D eigenvalue weighted by Crippen LogP contribution is -2.41. The molecule has 4 N–H and O–H groups in total. The minimum atomic E-state index is -1.07. The highest BCUT2D eigenvalue weighted by molar-refractivity contribution is 5.94. The quantitative estimate of drug-likeness (QED) is 0.0557. The van der Waals surface area contributed by atoms with Crippen molar-refractivity contribution in [2.45, 2.75) is 181 Å². The molecule has 262 valence electrons. The number of nitrogens with zero attached hydrogens (tertiary/aromatic N) is 2. The molecule has 1 aliphatic rings. The third-order valence-corrected chi connectivity index (χ3v) is 8.45. The summed E-state index contributed by atoms with van der Waals surface area (Å²) in [7, 11) is 0. The average molecular weight is 634 g/mol. The molecule has 0 amide bonds. The molecular formula is C38H71N3O4. The maximum Gasteiger partial charge on any atom is 0.310 e. The van der Waals surface area contributed by atoms with Gasteiger partial charge in [0.25, 0.3) is 0 Å². The van der Waals surface area contributed by atoms with Crippen LogP contribution in [-0.2, 0) is 9.59 Å². The van der Waals surface area contributed by atoms with Gasteiger partial charge in [-0.3, -0.25) is 14.6 Å². The van der Waals surface area contributed by atoms with Crippen molar-refractivity contribution in [1.82, 2.24) is 4.90 Å². The van der Waals surface area contributed by atoms with Crippen molar-refractivity contribution >= 4 is 17.8 Å². The van der Waals surface area contributed by atoms with Gasteiger partial charge >= 0.3 is 11.9 Å². The summed E-state index contributed by atoms with van der Waals surface area (Å²) in [6, 6.07) is 0. The van der Waals surface area contributed by atoms with E-state index in [-0.39, 0.29) is 12.6 Å². The van der Waals surface area contributed by atoms with Gasteiger partial charge in [0, 0.05) is 6.54 Å². The van der Waals surface area contributed by atoms with E-state index in [2.05, 4.69) is 35.9 Å². The second kappa shape index (κ2) is 31.8. The van der Waals surface area contributed by atoms with Gasteiger partial charge in [-0.05, 0) is 38.7 Å². The van der Waals surface area contributed by atoms with Gasteiger partial charge in [-0.2, -0.15) is 0 Å². The van der Waals surface area contributed by atoms with Crippen molar-refractivity contribution in [2.75, 3.05) is 13.1 Å². The van der Waals surface area contributed by atoms with Crippen molar-refractivity contribution in [1.29, 1.82) is 0 Å². The lowest BCUT2D eigenvalue weighted by atomic mass is 10.0. The largest absolute Gasteiger partial charge is 0.481 e. The topological polar surface area (TPSA) is 116 Å². The molecule has 7 heteroatoms. The Morgan fingerprint density at radius 1 is 0.733 bits per heavy atom. The number of carbonyl (C=O) groups is 2. The zero-order valence-corrected chi connectivity index (χ0v) is 29.5. The van der Waals surface area contributed by atoms with Crippen molar-refractivity contribution < 1.29 is 19.8 Å². The molecule has 0 aromatic heterocycles. The van der Waals surface area contributed by atoms with E-state index in [1.165, 1.54) is 134 Å². The fourth-order valence-corrected chi connectivity index (χ4v) is 5.59. The zero-order valence-electron chi connectivity index (χ0n) is 29.5. The van der Waals surface area contributed by atoms with Crippen LogP contribution < -0.4 is 5.73 Å². The van der Waals surface area contributed by atoms with Gasteiger partial charge in [0.2, 0.25) is 0 Å².